The smallest absolute Gasteiger partial charge is 0.332 e. The summed E-state index contributed by atoms with van der Waals surface area (Å²) >= 11 is 0. The standard InChI is InChI=1S/C16H20N2O7/c1-10(19)24-9-14(16(22)23-3)18(15(21)8-17)12-4-6-13(7-5-12)25-11(2)20/h4-7,14H,8-9,17H2,1-3H3/t14-/m0/s1. The fraction of sp³-hybridized carbons (Fsp3) is 0.375. The van der Waals surface area contributed by atoms with Crippen molar-refractivity contribution in [1.82, 2.24) is 0 Å². The lowest BCUT2D eigenvalue weighted by Crippen LogP contribution is -2.51. The van der Waals surface area contributed by atoms with Gasteiger partial charge in [0.15, 0.2) is 6.04 Å². The van der Waals surface area contributed by atoms with Gasteiger partial charge >= 0.3 is 17.9 Å². The van der Waals surface area contributed by atoms with Gasteiger partial charge in [0, 0.05) is 19.5 Å². The van der Waals surface area contributed by atoms with Crippen LogP contribution in [0.3, 0.4) is 0 Å². The van der Waals surface area contributed by atoms with Gasteiger partial charge in [-0.2, -0.15) is 0 Å². The SMILES string of the molecule is COC(=O)[C@H](COC(C)=O)N(C(=O)CN)c1ccc(OC(C)=O)cc1. The van der Waals surface area contributed by atoms with Crippen LogP contribution in [-0.4, -0.2) is 50.1 Å². The number of esters is 3. The predicted molar refractivity (Wildman–Crippen MR) is 86.7 cm³/mol. The van der Waals surface area contributed by atoms with Crippen LogP contribution in [0.15, 0.2) is 24.3 Å². The summed E-state index contributed by atoms with van der Waals surface area (Å²) in [5, 5.41) is 0. The number of carbonyl (C=O) groups excluding carboxylic acids is 4. The number of nitrogens with zero attached hydrogens (tertiary/aromatic N) is 1. The Kier molecular flexibility index (Phi) is 7.54. The van der Waals surface area contributed by atoms with E-state index in [4.69, 9.17) is 15.2 Å². The van der Waals surface area contributed by atoms with Crippen molar-refractivity contribution in [2.24, 2.45) is 5.73 Å². The fourth-order valence-corrected chi connectivity index (χ4v) is 2.02. The van der Waals surface area contributed by atoms with E-state index in [1.54, 1.807) is 0 Å². The molecule has 1 rings (SSSR count). The molecule has 2 N–H and O–H groups in total. The first kappa shape index (κ1) is 20.1. The summed E-state index contributed by atoms with van der Waals surface area (Å²) in [5.41, 5.74) is 5.72. The molecule has 0 bridgehead atoms. The fourth-order valence-electron chi connectivity index (χ4n) is 2.02. The first-order chi connectivity index (χ1) is 11.8. The molecule has 0 aliphatic carbocycles. The molecule has 1 aromatic carbocycles. The molecular weight excluding hydrogens is 332 g/mol. The van der Waals surface area contributed by atoms with Gasteiger partial charge in [-0.05, 0) is 24.3 Å². The van der Waals surface area contributed by atoms with Crippen molar-refractivity contribution in [3.05, 3.63) is 24.3 Å². The summed E-state index contributed by atoms with van der Waals surface area (Å²) in [5.74, 6) is -2.19. The Morgan fingerprint density at radius 1 is 1.08 bits per heavy atom. The second-order valence-electron chi connectivity index (χ2n) is 4.90. The molecule has 1 amide bonds. The minimum atomic E-state index is -1.20. The summed E-state index contributed by atoms with van der Waals surface area (Å²) in [7, 11) is 1.15. The minimum Gasteiger partial charge on any atom is -0.467 e. The zero-order valence-electron chi connectivity index (χ0n) is 14.2. The van der Waals surface area contributed by atoms with E-state index < -0.39 is 29.9 Å². The number of ether oxygens (including phenoxy) is 3. The van der Waals surface area contributed by atoms with Crippen LogP contribution in [-0.2, 0) is 28.7 Å². The van der Waals surface area contributed by atoms with Crippen molar-refractivity contribution in [3.63, 3.8) is 0 Å². The summed E-state index contributed by atoms with van der Waals surface area (Å²) in [6.45, 7) is 1.67. The molecule has 0 radical (unpaired) electrons. The molecule has 9 heteroatoms. The lowest BCUT2D eigenvalue weighted by molar-refractivity contribution is -0.149. The Hall–Kier alpha value is -2.94. The second-order valence-corrected chi connectivity index (χ2v) is 4.90. The Balaban J connectivity index is 3.19. The van der Waals surface area contributed by atoms with Crippen molar-refractivity contribution < 1.29 is 33.4 Å². The summed E-state index contributed by atoms with van der Waals surface area (Å²) in [6.07, 6.45) is 0. The number of benzene rings is 1. The van der Waals surface area contributed by atoms with E-state index in [9.17, 15) is 19.2 Å². The van der Waals surface area contributed by atoms with E-state index in [0.717, 1.165) is 12.0 Å². The third kappa shape index (κ3) is 5.88. The van der Waals surface area contributed by atoms with E-state index in [0.29, 0.717) is 5.69 Å². The van der Waals surface area contributed by atoms with Gasteiger partial charge in [0.1, 0.15) is 12.4 Å². The normalized spacial score (nSPS) is 11.2. The van der Waals surface area contributed by atoms with Gasteiger partial charge in [0.2, 0.25) is 5.91 Å². The third-order valence-electron chi connectivity index (χ3n) is 3.05. The van der Waals surface area contributed by atoms with Crippen LogP contribution in [0.2, 0.25) is 0 Å². The van der Waals surface area contributed by atoms with Crippen molar-refractivity contribution in [2.45, 2.75) is 19.9 Å². The van der Waals surface area contributed by atoms with Crippen molar-refractivity contribution in [2.75, 3.05) is 25.2 Å². The Bertz CT molecular complexity index is 642. The van der Waals surface area contributed by atoms with Crippen LogP contribution in [0.25, 0.3) is 0 Å². The molecule has 0 unspecified atom stereocenters. The van der Waals surface area contributed by atoms with E-state index in [2.05, 4.69) is 4.74 Å². The average molecular weight is 352 g/mol. The first-order valence-corrected chi connectivity index (χ1v) is 7.32. The van der Waals surface area contributed by atoms with Crippen LogP contribution >= 0.6 is 0 Å². The first-order valence-electron chi connectivity index (χ1n) is 7.32. The number of anilines is 1. The molecule has 0 aromatic heterocycles. The van der Waals surface area contributed by atoms with Crippen LogP contribution < -0.4 is 15.4 Å². The van der Waals surface area contributed by atoms with Gasteiger partial charge in [-0.1, -0.05) is 0 Å². The monoisotopic (exact) mass is 352 g/mol. The molecular formula is C16H20N2O7. The molecule has 0 spiro atoms. The number of hydrogen-bond donors (Lipinski definition) is 1. The van der Waals surface area contributed by atoms with Crippen LogP contribution in [0.5, 0.6) is 5.75 Å². The zero-order chi connectivity index (χ0) is 19.0. The van der Waals surface area contributed by atoms with E-state index in [-0.39, 0.29) is 18.9 Å². The number of hydrogen-bond acceptors (Lipinski definition) is 8. The second kappa shape index (κ2) is 9.38. The van der Waals surface area contributed by atoms with Gasteiger partial charge in [0.25, 0.3) is 0 Å². The number of amides is 1. The molecule has 0 aliphatic rings. The van der Waals surface area contributed by atoms with Gasteiger partial charge in [-0.3, -0.25) is 19.3 Å². The van der Waals surface area contributed by atoms with Gasteiger partial charge in [-0.15, -0.1) is 0 Å². The van der Waals surface area contributed by atoms with Crippen LogP contribution in [0, 0.1) is 0 Å². The molecule has 0 saturated carbocycles. The Morgan fingerprint density at radius 2 is 1.68 bits per heavy atom. The highest BCUT2D eigenvalue weighted by molar-refractivity contribution is 6.00. The maximum absolute atomic E-state index is 12.2. The quantitative estimate of drug-likeness (QED) is 0.537. The minimum absolute atomic E-state index is 0.269. The van der Waals surface area contributed by atoms with Crippen molar-refractivity contribution in [1.29, 1.82) is 0 Å². The van der Waals surface area contributed by atoms with Gasteiger partial charge < -0.3 is 19.9 Å². The maximum Gasteiger partial charge on any atom is 0.332 e. The number of methoxy groups -OCH3 is 1. The van der Waals surface area contributed by atoms with E-state index in [1.807, 2.05) is 0 Å². The lowest BCUT2D eigenvalue weighted by Gasteiger charge is -2.29. The summed E-state index contributed by atoms with van der Waals surface area (Å²) in [4.78, 5) is 47.4. The van der Waals surface area contributed by atoms with Crippen molar-refractivity contribution in [3.8, 4) is 5.75 Å². The Labute approximate surface area is 144 Å². The average Bonchev–Trinajstić information content (AvgIpc) is 2.57. The van der Waals surface area contributed by atoms with Gasteiger partial charge in [-0.25, -0.2) is 4.79 Å². The molecule has 0 aliphatic heterocycles. The maximum atomic E-state index is 12.2. The van der Waals surface area contributed by atoms with Gasteiger partial charge in [0.05, 0.1) is 13.7 Å². The number of rotatable bonds is 7. The largest absolute Gasteiger partial charge is 0.467 e. The highest BCUT2D eigenvalue weighted by Crippen LogP contribution is 2.22. The van der Waals surface area contributed by atoms with E-state index >= 15 is 0 Å². The molecule has 1 aromatic rings. The van der Waals surface area contributed by atoms with E-state index in [1.165, 1.54) is 38.1 Å². The number of nitrogens with two attached hydrogens (primary N) is 1. The molecule has 0 heterocycles. The zero-order valence-corrected chi connectivity index (χ0v) is 14.2. The summed E-state index contributed by atoms with van der Waals surface area (Å²) < 4.78 is 14.5. The molecule has 0 fully saturated rings. The van der Waals surface area contributed by atoms with Crippen molar-refractivity contribution >= 4 is 29.5 Å². The number of carbonyl (C=O) groups is 4. The lowest BCUT2D eigenvalue weighted by atomic mass is 10.2. The molecule has 136 valence electrons. The third-order valence-corrected chi connectivity index (χ3v) is 3.05. The molecule has 25 heavy (non-hydrogen) atoms. The molecule has 0 saturated heterocycles. The summed E-state index contributed by atoms with van der Waals surface area (Å²) in [6, 6.07) is 4.64. The highest BCUT2D eigenvalue weighted by Gasteiger charge is 2.32. The molecule has 1 atom stereocenters. The van der Waals surface area contributed by atoms with Crippen LogP contribution in [0.1, 0.15) is 13.8 Å². The Morgan fingerprint density at radius 3 is 2.12 bits per heavy atom. The molecule has 9 nitrogen and oxygen atoms in total. The van der Waals surface area contributed by atoms with Crippen LogP contribution in [0.4, 0.5) is 5.69 Å². The highest BCUT2D eigenvalue weighted by atomic mass is 16.5. The predicted octanol–water partition coefficient (Wildman–Crippen LogP) is 0.00830. The topological polar surface area (TPSA) is 125 Å².